The molecule has 0 N–H and O–H groups in total. The lowest BCUT2D eigenvalue weighted by atomic mass is 10.1. The van der Waals surface area contributed by atoms with Gasteiger partial charge < -0.3 is 18.4 Å². The Bertz CT molecular complexity index is 1140. The van der Waals surface area contributed by atoms with E-state index in [1.807, 2.05) is 54.6 Å². The number of ether oxygens (including phenoxy) is 2. The number of hydrogen-bond donors (Lipinski definition) is 0. The van der Waals surface area contributed by atoms with E-state index in [4.69, 9.17) is 30.0 Å². The van der Waals surface area contributed by atoms with E-state index in [0.717, 1.165) is 22.1 Å². The van der Waals surface area contributed by atoms with Crippen LogP contribution in [0.3, 0.4) is 0 Å². The zero-order valence-corrected chi connectivity index (χ0v) is 18.0. The van der Waals surface area contributed by atoms with Crippen molar-refractivity contribution in [3.63, 3.8) is 0 Å². The molecule has 0 aliphatic carbocycles. The first kappa shape index (κ1) is 20.4. The second-order valence-electron chi connectivity index (χ2n) is 6.31. The summed E-state index contributed by atoms with van der Waals surface area (Å²) in [5.74, 6) is 4.68. The third-order valence-corrected chi connectivity index (χ3v) is 5.77. The fourth-order valence-electron chi connectivity index (χ4n) is 2.94. The van der Waals surface area contributed by atoms with Gasteiger partial charge in [0.05, 0.1) is 25.5 Å². The third-order valence-electron chi connectivity index (χ3n) is 4.40. The van der Waals surface area contributed by atoms with Gasteiger partial charge in [-0.1, -0.05) is 41.0 Å². The topological polar surface area (TPSA) is 70.5 Å². The minimum Gasteiger partial charge on any atom is -0.493 e. The van der Waals surface area contributed by atoms with E-state index in [9.17, 15) is 0 Å². The van der Waals surface area contributed by atoms with E-state index >= 15 is 0 Å². The summed E-state index contributed by atoms with van der Waals surface area (Å²) in [5.41, 5.74) is 1.78. The summed E-state index contributed by atoms with van der Waals surface area (Å²) in [5, 5.41) is 4.84. The maximum absolute atomic E-state index is 6.20. The monoisotopic (exact) mass is 442 g/mol. The Kier molecular flexibility index (Phi) is 6.30. The molecule has 0 fully saturated rings. The van der Waals surface area contributed by atoms with Crippen molar-refractivity contribution in [1.82, 2.24) is 10.1 Å². The summed E-state index contributed by atoms with van der Waals surface area (Å²) < 4.78 is 22.1. The van der Waals surface area contributed by atoms with Gasteiger partial charge in [-0.15, -0.1) is 11.8 Å². The Morgan fingerprint density at radius 2 is 1.83 bits per heavy atom. The number of thioether (sulfide) groups is 1. The fourth-order valence-corrected chi connectivity index (χ4v) is 4.16. The number of benzene rings is 2. The molecular weight excluding hydrogens is 424 g/mol. The van der Waals surface area contributed by atoms with Crippen molar-refractivity contribution in [2.45, 2.75) is 11.5 Å². The van der Waals surface area contributed by atoms with Gasteiger partial charge in [0.1, 0.15) is 5.76 Å². The highest BCUT2D eigenvalue weighted by atomic mass is 35.5. The molecule has 8 heteroatoms. The van der Waals surface area contributed by atoms with Crippen molar-refractivity contribution in [3.8, 4) is 34.5 Å². The fraction of sp³-hybridized carbons (Fsp3) is 0.182. The van der Waals surface area contributed by atoms with Gasteiger partial charge in [-0.2, -0.15) is 4.98 Å². The molecule has 0 spiro atoms. The quantitative estimate of drug-likeness (QED) is 0.326. The molecule has 0 saturated heterocycles. The van der Waals surface area contributed by atoms with Crippen LogP contribution < -0.4 is 9.47 Å². The van der Waals surface area contributed by atoms with E-state index in [1.165, 1.54) is 0 Å². The van der Waals surface area contributed by atoms with E-state index < -0.39 is 0 Å². The minimum atomic E-state index is 0.303. The number of halogens is 1. The maximum Gasteiger partial charge on any atom is 0.293 e. The van der Waals surface area contributed by atoms with Gasteiger partial charge in [0, 0.05) is 10.8 Å². The van der Waals surface area contributed by atoms with E-state index in [1.54, 1.807) is 26.0 Å². The lowest BCUT2D eigenvalue weighted by Gasteiger charge is -2.09. The van der Waals surface area contributed by atoms with Crippen LogP contribution in [0, 0.1) is 0 Å². The summed E-state index contributed by atoms with van der Waals surface area (Å²) in [4.78, 5) is 4.46. The van der Waals surface area contributed by atoms with Crippen LogP contribution in [0.5, 0.6) is 11.5 Å². The molecule has 2 heterocycles. The Balaban J connectivity index is 1.46. The van der Waals surface area contributed by atoms with Gasteiger partial charge in [-0.05, 0) is 35.9 Å². The molecule has 30 heavy (non-hydrogen) atoms. The third kappa shape index (κ3) is 4.32. The van der Waals surface area contributed by atoms with Gasteiger partial charge in [0.25, 0.3) is 5.89 Å². The lowest BCUT2D eigenvalue weighted by molar-refractivity contribution is 0.355. The van der Waals surface area contributed by atoms with Crippen LogP contribution in [0.1, 0.15) is 11.3 Å². The summed E-state index contributed by atoms with van der Waals surface area (Å²) in [7, 11) is 3.15. The van der Waals surface area contributed by atoms with Crippen molar-refractivity contribution < 1.29 is 18.4 Å². The van der Waals surface area contributed by atoms with Crippen LogP contribution in [-0.4, -0.2) is 24.4 Å². The predicted molar refractivity (Wildman–Crippen MR) is 117 cm³/mol. The number of rotatable bonds is 8. The van der Waals surface area contributed by atoms with Crippen LogP contribution in [-0.2, 0) is 11.5 Å². The maximum atomic E-state index is 6.20. The molecule has 0 unspecified atom stereocenters. The molecule has 0 saturated carbocycles. The van der Waals surface area contributed by atoms with Crippen LogP contribution in [0.15, 0.2) is 63.5 Å². The molecule has 0 aliphatic rings. The van der Waals surface area contributed by atoms with Crippen molar-refractivity contribution in [2.24, 2.45) is 0 Å². The molecule has 0 amide bonds. The summed E-state index contributed by atoms with van der Waals surface area (Å²) in [6.45, 7) is 0. The summed E-state index contributed by atoms with van der Waals surface area (Å²) in [6.07, 6.45) is 0. The standard InChI is InChI=1S/C22H19ClN2O4S/c1-26-18-9-5-7-16(20(18)27-2)21-24-22(29-25-21)19-11-10-15(28-19)13-30-12-14-6-3-4-8-17(14)23/h3-11H,12-13H2,1-2H3. The molecule has 0 atom stereocenters. The molecule has 0 aliphatic heterocycles. The van der Waals surface area contributed by atoms with Crippen LogP contribution in [0.25, 0.3) is 23.0 Å². The van der Waals surface area contributed by atoms with Gasteiger partial charge in [0.2, 0.25) is 5.82 Å². The molecule has 4 rings (SSSR count). The zero-order valence-electron chi connectivity index (χ0n) is 16.4. The molecule has 0 radical (unpaired) electrons. The Morgan fingerprint density at radius 3 is 2.63 bits per heavy atom. The van der Waals surface area contributed by atoms with Crippen LogP contribution in [0.2, 0.25) is 5.02 Å². The Hall–Kier alpha value is -2.90. The van der Waals surface area contributed by atoms with Gasteiger partial charge in [-0.25, -0.2) is 0 Å². The van der Waals surface area contributed by atoms with Gasteiger partial charge in [0.15, 0.2) is 17.3 Å². The molecule has 4 aromatic rings. The first-order chi connectivity index (χ1) is 14.7. The van der Waals surface area contributed by atoms with E-state index in [0.29, 0.717) is 40.3 Å². The average Bonchev–Trinajstić information content (AvgIpc) is 3.44. The largest absolute Gasteiger partial charge is 0.493 e. The first-order valence-electron chi connectivity index (χ1n) is 9.15. The number of methoxy groups -OCH3 is 2. The Morgan fingerprint density at radius 1 is 0.967 bits per heavy atom. The highest BCUT2D eigenvalue weighted by Crippen LogP contribution is 2.37. The molecule has 6 nitrogen and oxygen atoms in total. The highest BCUT2D eigenvalue weighted by molar-refractivity contribution is 7.97. The minimum absolute atomic E-state index is 0.303. The molecule has 0 bridgehead atoms. The second kappa shape index (κ2) is 9.28. The van der Waals surface area contributed by atoms with Gasteiger partial charge in [-0.3, -0.25) is 0 Å². The molecule has 154 valence electrons. The van der Waals surface area contributed by atoms with Crippen LogP contribution >= 0.6 is 23.4 Å². The SMILES string of the molecule is COc1cccc(-c2noc(-c3ccc(CSCc4ccccc4Cl)o3)n2)c1OC. The number of furan rings is 1. The normalized spacial score (nSPS) is 10.9. The van der Waals surface area contributed by atoms with Gasteiger partial charge >= 0.3 is 0 Å². The predicted octanol–water partition coefficient (Wildman–Crippen LogP) is 6.10. The second-order valence-corrected chi connectivity index (χ2v) is 7.71. The van der Waals surface area contributed by atoms with Crippen molar-refractivity contribution in [2.75, 3.05) is 14.2 Å². The Labute approximate surface area is 183 Å². The van der Waals surface area contributed by atoms with Crippen molar-refractivity contribution >= 4 is 23.4 Å². The number of nitrogens with zero attached hydrogens (tertiary/aromatic N) is 2. The average molecular weight is 443 g/mol. The van der Waals surface area contributed by atoms with E-state index in [2.05, 4.69) is 10.1 Å². The zero-order chi connectivity index (χ0) is 20.9. The first-order valence-corrected chi connectivity index (χ1v) is 10.7. The summed E-state index contributed by atoms with van der Waals surface area (Å²) >= 11 is 7.92. The number of para-hydroxylation sites is 1. The van der Waals surface area contributed by atoms with Crippen molar-refractivity contribution in [3.05, 3.63) is 70.9 Å². The lowest BCUT2D eigenvalue weighted by Crippen LogP contribution is -1.93. The van der Waals surface area contributed by atoms with Crippen molar-refractivity contribution in [1.29, 1.82) is 0 Å². The highest BCUT2D eigenvalue weighted by Gasteiger charge is 2.19. The molecule has 2 aromatic carbocycles. The summed E-state index contributed by atoms with van der Waals surface area (Å²) in [6, 6.07) is 17.1. The number of aromatic nitrogens is 2. The van der Waals surface area contributed by atoms with Crippen LogP contribution in [0.4, 0.5) is 0 Å². The smallest absolute Gasteiger partial charge is 0.293 e. The number of hydrogen-bond acceptors (Lipinski definition) is 7. The molecule has 2 aromatic heterocycles. The van der Waals surface area contributed by atoms with E-state index in [-0.39, 0.29) is 0 Å². The molecular formula is C22H19ClN2O4S.